The molecule has 0 aliphatic heterocycles. The SMILES string of the molecule is O=C(c1cccc(O)c1)c1ccc(-c2ccc3n[nH]cc3c2)s1. The van der Waals surface area contributed by atoms with Crippen LogP contribution in [0.15, 0.2) is 60.8 Å². The van der Waals surface area contributed by atoms with Gasteiger partial charge < -0.3 is 5.11 Å². The van der Waals surface area contributed by atoms with Crippen LogP contribution in [-0.4, -0.2) is 21.1 Å². The lowest BCUT2D eigenvalue weighted by Crippen LogP contribution is -1.97. The number of thiophene rings is 1. The normalized spacial score (nSPS) is 11.0. The van der Waals surface area contributed by atoms with Crippen LogP contribution < -0.4 is 0 Å². The average molecular weight is 320 g/mol. The number of benzene rings is 2. The number of nitrogens with one attached hydrogen (secondary N) is 1. The van der Waals surface area contributed by atoms with Crippen LogP contribution in [0, 0.1) is 0 Å². The van der Waals surface area contributed by atoms with Gasteiger partial charge in [0.25, 0.3) is 0 Å². The van der Waals surface area contributed by atoms with Crippen molar-refractivity contribution in [2.45, 2.75) is 0 Å². The Hall–Kier alpha value is -2.92. The second-order valence-electron chi connectivity index (χ2n) is 5.20. The first-order valence-corrected chi connectivity index (χ1v) is 7.90. The highest BCUT2D eigenvalue weighted by Gasteiger charge is 2.13. The molecular formula is C18H12N2O2S. The summed E-state index contributed by atoms with van der Waals surface area (Å²) in [5.41, 5.74) is 2.46. The molecule has 5 heteroatoms. The van der Waals surface area contributed by atoms with Crippen molar-refractivity contribution in [2.75, 3.05) is 0 Å². The molecule has 0 amide bonds. The maximum Gasteiger partial charge on any atom is 0.203 e. The number of ketones is 1. The molecule has 23 heavy (non-hydrogen) atoms. The highest BCUT2D eigenvalue weighted by molar-refractivity contribution is 7.17. The average Bonchev–Trinajstić information content (AvgIpc) is 3.22. The molecular weight excluding hydrogens is 308 g/mol. The van der Waals surface area contributed by atoms with Crippen LogP contribution in [0.1, 0.15) is 15.2 Å². The van der Waals surface area contributed by atoms with Gasteiger partial charge in [-0.05, 0) is 42.0 Å². The summed E-state index contributed by atoms with van der Waals surface area (Å²) < 4.78 is 0. The van der Waals surface area contributed by atoms with Crippen LogP contribution in [0.3, 0.4) is 0 Å². The Labute approximate surface area is 136 Å². The Morgan fingerprint density at radius 3 is 2.87 bits per heavy atom. The van der Waals surface area contributed by atoms with E-state index >= 15 is 0 Å². The number of rotatable bonds is 3. The van der Waals surface area contributed by atoms with Gasteiger partial charge in [-0.15, -0.1) is 11.3 Å². The number of hydrogen-bond donors (Lipinski definition) is 2. The third-order valence-electron chi connectivity index (χ3n) is 3.66. The molecule has 4 nitrogen and oxygen atoms in total. The first-order valence-electron chi connectivity index (χ1n) is 7.08. The van der Waals surface area contributed by atoms with Gasteiger partial charge >= 0.3 is 0 Å². The summed E-state index contributed by atoms with van der Waals surface area (Å²) in [5, 5.41) is 17.5. The number of nitrogens with zero attached hydrogens (tertiary/aromatic N) is 1. The molecule has 2 heterocycles. The summed E-state index contributed by atoms with van der Waals surface area (Å²) in [5.74, 6) is 0.0135. The van der Waals surface area contributed by atoms with Gasteiger partial charge in [0, 0.05) is 22.0 Å². The van der Waals surface area contributed by atoms with Gasteiger partial charge in [0.1, 0.15) is 5.75 Å². The summed E-state index contributed by atoms with van der Waals surface area (Å²) in [6.45, 7) is 0. The molecule has 2 aromatic carbocycles. The van der Waals surface area contributed by atoms with E-state index in [0.717, 1.165) is 21.3 Å². The number of aromatic hydroxyl groups is 1. The molecule has 0 bridgehead atoms. The fourth-order valence-electron chi connectivity index (χ4n) is 2.50. The van der Waals surface area contributed by atoms with E-state index in [4.69, 9.17) is 0 Å². The Bertz CT molecular complexity index is 1020. The lowest BCUT2D eigenvalue weighted by atomic mass is 10.1. The molecule has 112 valence electrons. The second-order valence-corrected chi connectivity index (χ2v) is 6.29. The van der Waals surface area contributed by atoms with Crippen molar-refractivity contribution in [2.24, 2.45) is 0 Å². The number of phenols is 1. The number of aromatic amines is 1. The van der Waals surface area contributed by atoms with Crippen molar-refractivity contribution in [3.05, 3.63) is 71.2 Å². The molecule has 4 aromatic rings. The van der Waals surface area contributed by atoms with Gasteiger partial charge in [0.15, 0.2) is 0 Å². The first-order chi connectivity index (χ1) is 11.2. The summed E-state index contributed by atoms with van der Waals surface area (Å²) in [6, 6.07) is 16.2. The lowest BCUT2D eigenvalue weighted by Gasteiger charge is -1.99. The second kappa shape index (κ2) is 5.37. The van der Waals surface area contributed by atoms with E-state index in [1.165, 1.54) is 17.4 Å². The smallest absolute Gasteiger partial charge is 0.203 e. The van der Waals surface area contributed by atoms with Gasteiger partial charge in [-0.1, -0.05) is 18.2 Å². The summed E-state index contributed by atoms with van der Waals surface area (Å²) in [7, 11) is 0. The van der Waals surface area contributed by atoms with E-state index in [2.05, 4.69) is 10.2 Å². The third kappa shape index (κ3) is 2.51. The van der Waals surface area contributed by atoms with Crippen molar-refractivity contribution in [1.29, 1.82) is 0 Å². The van der Waals surface area contributed by atoms with Crippen molar-refractivity contribution < 1.29 is 9.90 Å². The van der Waals surface area contributed by atoms with E-state index in [-0.39, 0.29) is 11.5 Å². The van der Waals surface area contributed by atoms with Crippen LogP contribution in [0.2, 0.25) is 0 Å². The highest BCUT2D eigenvalue weighted by Crippen LogP contribution is 2.31. The lowest BCUT2D eigenvalue weighted by molar-refractivity contribution is 0.104. The minimum atomic E-state index is -0.0819. The summed E-state index contributed by atoms with van der Waals surface area (Å²) in [6.07, 6.45) is 1.85. The molecule has 0 aliphatic rings. The number of carbonyl (C=O) groups excluding carboxylic acids is 1. The van der Waals surface area contributed by atoms with Crippen LogP contribution >= 0.6 is 11.3 Å². The number of H-pyrrole nitrogens is 1. The quantitative estimate of drug-likeness (QED) is 0.555. The molecule has 0 spiro atoms. The zero-order valence-electron chi connectivity index (χ0n) is 12.0. The molecule has 0 saturated heterocycles. The van der Waals surface area contributed by atoms with E-state index in [9.17, 15) is 9.90 Å². The van der Waals surface area contributed by atoms with Crippen LogP contribution in [-0.2, 0) is 0 Å². The molecule has 0 radical (unpaired) electrons. The Morgan fingerprint density at radius 2 is 2.00 bits per heavy atom. The molecule has 0 fully saturated rings. The Kier molecular flexibility index (Phi) is 3.20. The molecule has 0 aliphatic carbocycles. The fourth-order valence-corrected chi connectivity index (χ4v) is 3.47. The monoisotopic (exact) mass is 320 g/mol. The molecule has 2 N–H and O–H groups in total. The van der Waals surface area contributed by atoms with Crippen molar-refractivity contribution in [1.82, 2.24) is 10.2 Å². The van der Waals surface area contributed by atoms with Gasteiger partial charge in [-0.25, -0.2) is 0 Å². The predicted octanol–water partition coefficient (Wildman–Crippen LogP) is 4.23. The van der Waals surface area contributed by atoms with E-state index in [1.807, 2.05) is 36.5 Å². The first kappa shape index (κ1) is 13.7. The minimum Gasteiger partial charge on any atom is -0.508 e. The Balaban J connectivity index is 1.69. The number of aromatic nitrogens is 2. The standard InChI is InChI=1S/C18H12N2O2S/c21-14-3-1-2-12(9-14)18(22)17-7-6-16(23-17)11-4-5-15-13(8-11)10-19-20-15/h1-10,21H,(H,19,20). The van der Waals surface area contributed by atoms with E-state index in [0.29, 0.717) is 10.4 Å². The molecule has 4 rings (SSSR count). The van der Waals surface area contributed by atoms with Gasteiger partial charge in [-0.2, -0.15) is 5.10 Å². The van der Waals surface area contributed by atoms with Crippen LogP contribution in [0.25, 0.3) is 21.3 Å². The summed E-state index contributed by atoms with van der Waals surface area (Å²) >= 11 is 1.44. The zero-order valence-corrected chi connectivity index (χ0v) is 12.8. The Morgan fingerprint density at radius 1 is 1.09 bits per heavy atom. The van der Waals surface area contributed by atoms with Gasteiger partial charge in [-0.3, -0.25) is 9.89 Å². The van der Waals surface area contributed by atoms with Crippen molar-refractivity contribution in [3.8, 4) is 16.2 Å². The third-order valence-corrected chi connectivity index (χ3v) is 4.79. The number of fused-ring (bicyclic) bond motifs is 1. The predicted molar refractivity (Wildman–Crippen MR) is 90.9 cm³/mol. The van der Waals surface area contributed by atoms with Crippen LogP contribution in [0.4, 0.5) is 0 Å². The number of phenolic OH excluding ortho intramolecular Hbond substituents is 1. The minimum absolute atomic E-state index is 0.0819. The van der Waals surface area contributed by atoms with E-state index < -0.39 is 0 Å². The maximum atomic E-state index is 12.5. The topological polar surface area (TPSA) is 66.0 Å². The molecule has 0 atom stereocenters. The maximum absolute atomic E-state index is 12.5. The van der Waals surface area contributed by atoms with Crippen molar-refractivity contribution in [3.63, 3.8) is 0 Å². The highest BCUT2D eigenvalue weighted by atomic mass is 32.1. The van der Waals surface area contributed by atoms with Crippen molar-refractivity contribution >= 4 is 28.0 Å². The molecule has 0 saturated carbocycles. The largest absolute Gasteiger partial charge is 0.508 e. The summed E-state index contributed by atoms with van der Waals surface area (Å²) in [4.78, 5) is 14.2. The van der Waals surface area contributed by atoms with Gasteiger partial charge in [0.05, 0.1) is 10.4 Å². The van der Waals surface area contributed by atoms with E-state index in [1.54, 1.807) is 18.2 Å². The number of hydrogen-bond acceptors (Lipinski definition) is 4. The fraction of sp³-hybridized carbons (Fsp3) is 0. The zero-order chi connectivity index (χ0) is 15.8. The molecule has 0 unspecified atom stereocenters. The van der Waals surface area contributed by atoms with Crippen LogP contribution in [0.5, 0.6) is 5.75 Å². The molecule has 2 aromatic heterocycles. The number of carbonyl (C=O) groups is 1. The van der Waals surface area contributed by atoms with Gasteiger partial charge in [0.2, 0.25) is 5.78 Å².